The van der Waals surface area contributed by atoms with Gasteiger partial charge in [-0.15, -0.1) is 0 Å². The Kier molecular flexibility index (Phi) is 5.41. The van der Waals surface area contributed by atoms with E-state index in [-0.39, 0.29) is 10.5 Å². The number of hydrogen-bond acceptors (Lipinski definition) is 3. The fraction of sp³-hybridized carbons (Fsp3) is 0.417. The van der Waals surface area contributed by atoms with Gasteiger partial charge >= 0.3 is 6.61 Å². The van der Waals surface area contributed by atoms with Crippen molar-refractivity contribution in [3.05, 3.63) is 28.8 Å². The van der Waals surface area contributed by atoms with Crippen LogP contribution in [0.3, 0.4) is 0 Å². The second-order valence-corrected chi connectivity index (χ2v) is 6.49. The van der Waals surface area contributed by atoms with Gasteiger partial charge in [0, 0.05) is 11.0 Å². The first-order valence-corrected chi connectivity index (χ1v) is 6.39. The summed E-state index contributed by atoms with van der Waals surface area (Å²) in [5.74, 6) is 0.0239. The van der Waals surface area contributed by atoms with Crippen LogP contribution in [0.4, 0.5) is 8.78 Å². The lowest BCUT2D eigenvalue weighted by Crippen LogP contribution is -2.06. The second kappa shape index (κ2) is 6.38. The molecule has 0 heterocycles. The van der Waals surface area contributed by atoms with Crippen molar-refractivity contribution < 1.29 is 13.5 Å². The van der Waals surface area contributed by atoms with Crippen molar-refractivity contribution in [1.82, 2.24) is 0 Å². The quantitative estimate of drug-likeness (QED) is 0.587. The van der Waals surface area contributed by atoms with E-state index in [1.807, 2.05) is 20.8 Å². The van der Waals surface area contributed by atoms with Crippen molar-refractivity contribution in [3.63, 3.8) is 0 Å². The third-order valence-electron chi connectivity index (χ3n) is 1.74. The van der Waals surface area contributed by atoms with Crippen molar-refractivity contribution in [3.8, 4) is 5.75 Å². The van der Waals surface area contributed by atoms with E-state index in [0.29, 0.717) is 10.6 Å². The molecule has 0 atom stereocenters. The summed E-state index contributed by atoms with van der Waals surface area (Å²) in [5.41, 5.74) is 0.358. The minimum Gasteiger partial charge on any atom is -0.434 e. The molecule has 1 rings (SSSR count). The van der Waals surface area contributed by atoms with Crippen LogP contribution >= 0.6 is 23.5 Å². The normalized spacial score (nSPS) is 12.4. The van der Waals surface area contributed by atoms with E-state index in [1.165, 1.54) is 24.2 Å². The first-order chi connectivity index (χ1) is 8.29. The summed E-state index contributed by atoms with van der Waals surface area (Å²) >= 11 is 7.27. The Morgan fingerprint density at radius 1 is 1.39 bits per heavy atom. The van der Waals surface area contributed by atoms with Crippen LogP contribution in [0, 0.1) is 0 Å². The van der Waals surface area contributed by atoms with Crippen LogP contribution < -0.4 is 4.74 Å². The number of alkyl halides is 2. The van der Waals surface area contributed by atoms with E-state index in [1.54, 1.807) is 12.1 Å². The minimum absolute atomic E-state index is 0.0239. The summed E-state index contributed by atoms with van der Waals surface area (Å²) in [7, 11) is 0. The van der Waals surface area contributed by atoms with Gasteiger partial charge in [0.15, 0.2) is 0 Å². The molecule has 0 aromatic heterocycles. The fourth-order valence-electron chi connectivity index (χ4n) is 1.08. The number of nitrogens with zero attached hydrogens (tertiary/aromatic N) is 1. The number of halogens is 3. The summed E-state index contributed by atoms with van der Waals surface area (Å²) in [5, 5.41) is 0.325. The van der Waals surface area contributed by atoms with Gasteiger partial charge in [0.2, 0.25) is 0 Å². The van der Waals surface area contributed by atoms with Crippen LogP contribution in [0.1, 0.15) is 26.3 Å². The zero-order valence-corrected chi connectivity index (χ0v) is 11.9. The third kappa shape index (κ3) is 5.23. The highest BCUT2D eigenvalue weighted by atomic mass is 35.5. The number of benzene rings is 1. The maximum absolute atomic E-state index is 12.2. The van der Waals surface area contributed by atoms with Gasteiger partial charge < -0.3 is 4.74 Å². The standard InChI is InChI=1S/C12H14ClF2NOS/c1-12(2,3)18-16-7-8-9(13)5-4-6-10(8)17-11(14)15/h4-7,11H,1-3H3. The zero-order valence-electron chi connectivity index (χ0n) is 10.3. The molecule has 1 aromatic carbocycles. The summed E-state index contributed by atoms with van der Waals surface area (Å²) < 4.78 is 32.9. The molecule has 0 saturated heterocycles. The van der Waals surface area contributed by atoms with Gasteiger partial charge in [-0.25, -0.2) is 4.40 Å². The van der Waals surface area contributed by atoms with Gasteiger partial charge in [-0.05, 0) is 44.9 Å². The Balaban J connectivity index is 2.92. The van der Waals surface area contributed by atoms with Crippen LogP contribution in [0.25, 0.3) is 0 Å². The largest absolute Gasteiger partial charge is 0.434 e. The SMILES string of the molecule is CC(C)(C)SN=Cc1c(Cl)cccc1OC(F)F. The molecule has 0 N–H and O–H groups in total. The smallest absolute Gasteiger partial charge is 0.387 e. The van der Waals surface area contributed by atoms with Crippen LogP contribution in [0.15, 0.2) is 22.6 Å². The maximum atomic E-state index is 12.2. The molecule has 0 saturated carbocycles. The average Bonchev–Trinajstić information content (AvgIpc) is 2.19. The molecule has 2 nitrogen and oxygen atoms in total. The highest BCUT2D eigenvalue weighted by Gasteiger charge is 2.12. The van der Waals surface area contributed by atoms with Gasteiger partial charge in [0.25, 0.3) is 0 Å². The Hall–Kier alpha value is -0.810. The molecule has 6 heteroatoms. The number of hydrogen-bond donors (Lipinski definition) is 0. The van der Waals surface area contributed by atoms with Gasteiger partial charge in [0.05, 0.1) is 10.6 Å². The monoisotopic (exact) mass is 293 g/mol. The first kappa shape index (κ1) is 15.2. The molecule has 100 valence electrons. The topological polar surface area (TPSA) is 21.6 Å². The summed E-state index contributed by atoms with van der Waals surface area (Å²) in [6.07, 6.45) is 1.44. The Morgan fingerprint density at radius 2 is 2.06 bits per heavy atom. The summed E-state index contributed by atoms with van der Waals surface area (Å²) in [6, 6.07) is 4.58. The highest BCUT2D eigenvalue weighted by molar-refractivity contribution is 7.99. The number of rotatable bonds is 4. The third-order valence-corrected chi connectivity index (χ3v) is 2.83. The van der Waals surface area contributed by atoms with Crippen molar-refractivity contribution >= 4 is 29.8 Å². The van der Waals surface area contributed by atoms with Crippen LogP contribution in [-0.4, -0.2) is 17.6 Å². The van der Waals surface area contributed by atoms with E-state index >= 15 is 0 Å². The van der Waals surface area contributed by atoms with Gasteiger partial charge in [-0.1, -0.05) is 17.7 Å². The molecule has 0 aliphatic carbocycles. The van der Waals surface area contributed by atoms with E-state index in [4.69, 9.17) is 11.6 Å². The second-order valence-electron chi connectivity index (χ2n) is 4.47. The predicted molar refractivity (Wildman–Crippen MR) is 73.0 cm³/mol. The van der Waals surface area contributed by atoms with E-state index < -0.39 is 6.61 Å². The Bertz CT molecular complexity index is 433. The number of ether oxygens (including phenoxy) is 1. The molecule has 0 aliphatic heterocycles. The van der Waals surface area contributed by atoms with Crippen LogP contribution in [0.5, 0.6) is 5.75 Å². The minimum atomic E-state index is -2.88. The van der Waals surface area contributed by atoms with E-state index in [0.717, 1.165) is 0 Å². The summed E-state index contributed by atoms with van der Waals surface area (Å²) in [4.78, 5) is 0. The fourth-order valence-corrected chi connectivity index (χ4v) is 1.77. The molecule has 0 radical (unpaired) electrons. The van der Waals surface area contributed by atoms with Gasteiger partial charge in [-0.3, -0.25) is 0 Å². The van der Waals surface area contributed by atoms with Crippen molar-refractivity contribution in [2.24, 2.45) is 4.40 Å². The molecule has 0 aliphatic rings. The molecule has 0 spiro atoms. The van der Waals surface area contributed by atoms with Crippen molar-refractivity contribution in [2.45, 2.75) is 32.1 Å². The van der Waals surface area contributed by atoms with Crippen molar-refractivity contribution in [1.29, 1.82) is 0 Å². The molecule has 0 fully saturated rings. The predicted octanol–water partition coefficient (Wildman–Crippen LogP) is 4.81. The first-order valence-electron chi connectivity index (χ1n) is 5.24. The lowest BCUT2D eigenvalue weighted by Gasteiger charge is -2.13. The zero-order chi connectivity index (χ0) is 13.8. The van der Waals surface area contributed by atoms with E-state index in [2.05, 4.69) is 9.13 Å². The van der Waals surface area contributed by atoms with Gasteiger partial charge in [0.1, 0.15) is 5.75 Å². The molecular formula is C12H14ClF2NOS. The molecule has 1 aromatic rings. The lowest BCUT2D eigenvalue weighted by atomic mass is 10.2. The van der Waals surface area contributed by atoms with Crippen LogP contribution in [-0.2, 0) is 0 Å². The average molecular weight is 294 g/mol. The van der Waals surface area contributed by atoms with Crippen LogP contribution in [0.2, 0.25) is 5.02 Å². The van der Waals surface area contributed by atoms with E-state index in [9.17, 15) is 8.78 Å². The molecule has 0 unspecified atom stereocenters. The van der Waals surface area contributed by atoms with Crippen molar-refractivity contribution in [2.75, 3.05) is 0 Å². The molecule has 18 heavy (non-hydrogen) atoms. The lowest BCUT2D eigenvalue weighted by molar-refractivity contribution is -0.0499. The molecular weight excluding hydrogens is 280 g/mol. The molecule has 0 bridgehead atoms. The summed E-state index contributed by atoms with van der Waals surface area (Å²) in [6.45, 7) is 3.11. The maximum Gasteiger partial charge on any atom is 0.387 e. The molecule has 0 amide bonds. The Labute approximate surface area is 115 Å². The van der Waals surface area contributed by atoms with Gasteiger partial charge in [-0.2, -0.15) is 8.78 Å². The Morgan fingerprint density at radius 3 is 2.61 bits per heavy atom. The highest BCUT2D eigenvalue weighted by Crippen LogP contribution is 2.28.